The first kappa shape index (κ1) is 24.3. The molecule has 1 aromatic carbocycles. The zero-order valence-electron chi connectivity index (χ0n) is 19.7. The zero-order chi connectivity index (χ0) is 24.9. The first-order valence-corrected chi connectivity index (χ1v) is 11.1. The molecule has 0 bridgehead atoms. The van der Waals surface area contributed by atoms with E-state index in [4.69, 9.17) is 9.47 Å². The van der Waals surface area contributed by atoms with Gasteiger partial charge in [-0.3, -0.25) is 14.3 Å². The summed E-state index contributed by atoms with van der Waals surface area (Å²) in [6, 6.07) is 7.61. The Hall–Kier alpha value is -3.80. The second-order valence-corrected chi connectivity index (χ2v) is 8.22. The first-order chi connectivity index (χ1) is 16.9. The van der Waals surface area contributed by atoms with Gasteiger partial charge in [0.15, 0.2) is 11.2 Å². The second kappa shape index (κ2) is 10.6. The number of aromatic amines is 1. The molecule has 1 saturated heterocycles. The molecule has 0 spiro atoms. The van der Waals surface area contributed by atoms with Crippen LogP contribution in [0.1, 0.15) is 24.0 Å². The Morgan fingerprint density at radius 1 is 1.26 bits per heavy atom. The van der Waals surface area contributed by atoms with Gasteiger partial charge in [0.1, 0.15) is 23.9 Å². The minimum atomic E-state index is -0.859. The van der Waals surface area contributed by atoms with E-state index in [0.717, 1.165) is 11.3 Å². The molecule has 1 fully saturated rings. The maximum absolute atomic E-state index is 12.7. The Morgan fingerprint density at radius 2 is 2.00 bits per heavy atom. The number of H-pyrrole nitrogens is 1. The SMILES string of the molecule is COc1ccc(/C=C/C=C/c2nc3c(=O)[nH]c(/N=C/N(C)C)nc3n2[C@H]2C[C@H](O)[C@@H](CO)O2)cc1. The van der Waals surface area contributed by atoms with Crippen LogP contribution in [0.15, 0.2) is 46.2 Å². The van der Waals surface area contributed by atoms with E-state index in [0.29, 0.717) is 5.82 Å². The predicted molar refractivity (Wildman–Crippen MR) is 133 cm³/mol. The standard InChI is InChI=1S/C24H28N6O5/c1-29(2)14-25-24-27-22-21(23(33)28-24)26-19(30(22)20-12-17(32)18(13-31)35-20)7-5-4-6-15-8-10-16(34-3)11-9-15/h4-11,14,17-18,20,31-32H,12-13H2,1-3H3,(H,27,28,33)/b6-4+,7-5+,25-14+/t17-,18+,20+/m0/s1. The van der Waals surface area contributed by atoms with Gasteiger partial charge in [-0.25, -0.2) is 9.98 Å². The van der Waals surface area contributed by atoms with Gasteiger partial charge >= 0.3 is 0 Å². The first-order valence-electron chi connectivity index (χ1n) is 11.1. The number of fused-ring (bicyclic) bond motifs is 1. The summed E-state index contributed by atoms with van der Waals surface area (Å²) in [6.45, 7) is -0.327. The number of allylic oxidation sites excluding steroid dienone is 2. The molecular formula is C24H28N6O5. The summed E-state index contributed by atoms with van der Waals surface area (Å²) in [7, 11) is 5.22. The number of aliphatic hydroxyl groups is 2. The fraction of sp³-hybridized carbons (Fsp3) is 0.333. The molecule has 3 N–H and O–H groups in total. The van der Waals surface area contributed by atoms with E-state index in [-0.39, 0.29) is 30.1 Å². The average Bonchev–Trinajstić information content (AvgIpc) is 3.40. The lowest BCUT2D eigenvalue weighted by Crippen LogP contribution is -2.24. The number of hydrogen-bond acceptors (Lipinski definition) is 8. The minimum Gasteiger partial charge on any atom is -0.497 e. The number of rotatable bonds is 8. The van der Waals surface area contributed by atoms with Gasteiger partial charge in [-0.05, 0) is 23.8 Å². The van der Waals surface area contributed by atoms with Crippen molar-refractivity contribution in [1.29, 1.82) is 0 Å². The molecule has 4 rings (SSSR count). The highest BCUT2D eigenvalue weighted by Gasteiger charge is 2.36. The smallest absolute Gasteiger partial charge is 0.280 e. The third-order valence-electron chi connectivity index (χ3n) is 5.41. The summed E-state index contributed by atoms with van der Waals surface area (Å²) in [5, 5.41) is 19.8. The van der Waals surface area contributed by atoms with Crippen LogP contribution in [0.4, 0.5) is 5.95 Å². The van der Waals surface area contributed by atoms with E-state index in [9.17, 15) is 15.0 Å². The van der Waals surface area contributed by atoms with E-state index < -0.39 is 24.0 Å². The number of benzene rings is 1. The lowest BCUT2D eigenvalue weighted by molar-refractivity contribution is -0.0434. The quantitative estimate of drug-likeness (QED) is 0.252. The summed E-state index contributed by atoms with van der Waals surface area (Å²) in [6.07, 6.45) is 6.74. The maximum Gasteiger partial charge on any atom is 0.280 e. The largest absolute Gasteiger partial charge is 0.497 e. The number of imidazole rings is 1. The fourth-order valence-electron chi connectivity index (χ4n) is 3.68. The van der Waals surface area contributed by atoms with Crippen molar-refractivity contribution in [2.45, 2.75) is 24.9 Å². The van der Waals surface area contributed by atoms with Crippen LogP contribution in [0.3, 0.4) is 0 Å². The van der Waals surface area contributed by atoms with Gasteiger partial charge in [-0.2, -0.15) is 4.98 Å². The monoisotopic (exact) mass is 480 g/mol. The fourth-order valence-corrected chi connectivity index (χ4v) is 3.68. The Morgan fingerprint density at radius 3 is 2.66 bits per heavy atom. The molecular weight excluding hydrogens is 452 g/mol. The summed E-state index contributed by atoms with van der Waals surface area (Å²) in [5.41, 5.74) is 0.936. The molecule has 1 aliphatic heterocycles. The molecule has 11 heteroatoms. The Kier molecular flexibility index (Phi) is 7.39. The van der Waals surface area contributed by atoms with E-state index in [2.05, 4.69) is 19.9 Å². The van der Waals surface area contributed by atoms with E-state index >= 15 is 0 Å². The van der Waals surface area contributed by atoms with Crippen LogP contribution in [-0.4, -0.2) is 81.0 Å². The maximum atomic E-state index is 12.7. The molecule has 11 nitrogen and oxygen atoms in total. The van der Waals surface area contributed by atoms with Crippen molar-refractivity contribution in [3.8, 4) is 5.75 Å². The summed E-state index contributed by atoms with van der Waals surface area (Å²) in [5.74, 6) is 1.31. The molecule has 184 valence electrons. The van der Waals surface area contributed by atoms with Crippen molar-refractivity contribution in [1.82, 2.24) is 24.4 Å². The van der Waals surface area contributed by atoms with Gasteiger partial charge in [0.2, 0.25) is 5.95 Å². The molecule has 0 saturated carbocycles. The second-order valence-electron chi connectivity index (χ2n) is 8.22. The number of ether oxygens (including phenoxy) is 2. The van der Waals surface area contributed by atoms with E-state index in [1.165, 1.54) is 6.34 Å². The van der Waals surface area contributed by atoms with Crippen LogP contribution in [-0.2, 0) is 4.74 Å². The highest BCUT2D eigenvalue weighted by Crippen LogP contribution is 2.32. The van der Waals surface area contributed by atoms with E-state index in [1.807, 2.05) is 36.4 Å². The van der Waals surface area contributed by atoms with Crippen molar-refractivity contribution >= 4 is 35.6 Å². The van der Waals surface area contributed by atoms with Gasteiger partial charge < -0.3 is 24.6 Å². The molecule has 3 aromatic rings. The van der Waals surface area contributed by atoms with Gasteiger partial charge in [-0.1, -0.05) is 30.4 Å². The Labute approximate surface area is 201 Å². The highest BCUT2D eigenvalue weighted by molar-refractivity contribution is 5.75. The third kappa shape index (κ3) is 5.48. The summed E-state index contributed by atoms with van der Waals surface area (Å²) < 4.78 is 12.7. The molecule has 0 amide bonds. The van der Waals surface area contributed by atoms with Gasteiger partial charge in [0.25, 0.3) is 5.56 Å². The highest BCUT2D eigenvalue weighted by atomic mass is 16.5. The van der Waals surface area contributed by atoms with Crippen molar-refractivity contribution < 1.29 is 19.7 Å². The third-order valence-corrected chi connectivity index (χ3v) is 5.41. The van der Waals surface area contributed by atoms with Gasteiger partial charge in [0, 0.05) is 20.5 Å². The molecule has 0 unspecified atom stereocenters. The van der Waals surface area contributed by atoms with Crippen molar-refractivity contribution in [3.05, 3.63) is 58.2 Å². The number of nitrogens with one attached hydrogen (secondary N) is 1. The number of aliphatic imine (C=N–C) groups is 1. The molecule has 0 aliphatic carbocycles. The number of methoxy groups -OCH3 is 1. The van der Waals surface area contributed by atoms with Crippen LogP contribution in [0, 0.1) is 0 Å². The lowest BCUT2D eigenvalue weighted by atomic mass is 10.2. The number of nitrogens with zero attached hydrogens (tertiary/aromatic N) is 5. The Balaban J connectivity index is 1.72. The van der Waals surface area contributed by atoms with Crippen LogP contribution in [0.5, 0.6) is 5.75 Å². The zero-order valence-corrected chi connectivity index (χ0v) is 19.7. The topological polar surface area (TPSA) is 138 Å². The van der Waals surface area contributed by atoms with Crippen molar-refractivity contribution in [2.24, 2.45) is 4.99 Å². The molecule has 3 atom stereocenters. The molecule has 1 aliphatic rings. The number of aromatic nitrogens is 4. The molecule has 2 aromatic heterocycles. The predicted octanol–water partition coefficient (Wildman–Crippen LogP) is 1.72. The van der Waals surface area contributed by atoms with Gasteiger partial charge in [-0.15, -0.1) is 0 Å². The van der Waals surface area contributed by atoms with Crippen LogP contribution >= 0.6 is 0 Å². The van der Waals surface area contributed by atoms with Crippen molar-refractivity contribution in [2.75, 3.05) is 27.8 Å². The van der Waals surface area contributed by atoms with Crippen LogP contribution in [0.25, 0.3) is 23.3 Å². The number of aliphatic hydroxyl groups excluding tert-OH is 2. The normalized spacial score (nSPS) is 20.7. The minimum absolute atomic E-state index is 0.115. The van der Waals surface area contributed by atoms with Crippen LogP contribution < -0.4 is 10.3 Å². The average molecular weight is 481 g/mol. The van der Waals surface area contributed by atoms with Gasteiger partial charge in [0.05, 0.1) is 26.2 Å². The molecule has 0 radical (unpaired) electrons. The molecule has 35 heavy (non-hydrogen) atoms. The molecule has 3 heterocycles. The lowest BCUT2D eigenvalue weighted by Gasteiger charge is -2.15. The summed E-state index contributed by atoms with van der Waals surface area (Å²) >= 11 is 0. The van der Waals surface area contributed by atoms with Crippen molar-refractivity contribution in [3.63, 3.8) is 0 Å². The summed E-state index contributed by atoms with van der Waals surface area (Å²) in [4.78, 5) is 30.2. The van der Waals surface area contributed by atoms with E-state index in [1.54, 1.807) is 42.8 Å². The Bertz CT molecular complexity index is 1310. The van der Waals surface area contributed by atoms with Crippen LogP contribution in [0.2, 0.25) is 0 Å². The number of hydrogen-bond donors (Lipinski definition) is 3.